The molecule has 8 heteroatoms. The molecule has 0 aliphatic heterocycles. The molecule has 2 aromatic rings. The van der Waals surface area contributed by atoms with Crippen molar-refractivity contribution in [1.82, 2.24) is 0 Å². The minimum atomic E-state index is -1.22. The average Bonchev–Trinajstić information content (AvgIpc) is 2.65. The molecule has 0 unspecified atom stereocenters. The van der Waals surface area contributed by atoms with E-state index in [0.29, 0.717) is 10.9 Å². The fourth-order valence-corrected chi connectivity index (χ4v) is 2.73. The standard InChI is InChI=1S/C24H36B2O6/c1-21(2,27)23(5,6)31-25(29)19-13-9-11-17(15-19)18-12-10-14-20(16-18)26(30)32-24(7,8)22(3,4)28/h9-16,27-30H,1-8H3. The van der Waals surface area contributed by atoms with Crippen LogP contribution >= 0.6 is 0 Å². The van der Waals surface area contributed by atoms with Crippen LogP contribution in [0.1, 0.15) is 55.4 Å². The van der Waals surface area contributed by atoms with Crippen LogP contribution in [-0.4, -0.2) is 56.9 Å². The second kappa shape index (κ2) is 9.29. The van der Waals surface area contributed by atoms with Crippen molar-refractivity contribution in [2.75, 3.05) is 0 Å². The Labute approximate surface area is 192 Å². The third-order valence-corrected chi connectivity index (χ3v) is 6.44. The van der Waals surface area contributed by atoms with Gasteiger partial charge in [-0.2, -0.15) is 0 Å². The van der Waals surface area contributed by atoms with Gasteiger partial charge < -0.3 is 29.6 Å². The zero-order valence-electron chi connectivity index (χ0n) is 20.4. The Morgan fingerprint density at radius 3 is 1.19 bits per heavy atom. The SMILES string of the molecule is CC(C)(O)C(C)(C)OB(O)c1cccc(-c2cccc(B(O)OC(C)(C)C(C)(C)O)c2)c1. The quantitative estimate of drug-likeness (QED) is 0.443. The molecule has 2 rings (SSSR count). The van der Waals surface area contributed by atoms with Crippen LogP contribution in [0.5, 0.6) is 0 Å². The van der Waals surface area contributed by atoms with E-state index < -0.39 is 36.6 Å². The van der Waals surface area contributed by atoms with Crippen molar-refractivity contribution in [3.8, 4) is 11.1 Å². The van der Waals surface area contributed by atoms with E-state index in [9.17, 15) is 20.3 Å². The van der Waals surface area contributed by atoms with Crippen LogP contribution in [0.15, 0.2) is 48.5 Å². The van der Waals surface area contributed by atoms with Gasteiger partial charge in [0.25, 0.3) is 0 Å². The van der Waals surface area contributed by atoms with Crippen molar-refractivity contribution in [1.29, 1.82) is 0 Å². The number of benzene rings is 2. The van der Waals surface area contributed by atoms with Gasteiger partial charge in [-0.05, 0) is 77.4 Å². The molecule has 32 heavy (non-hydrogen) atoms. The van der Waals surface area contributed by atoms with Crippen LogP contribution < -0.4 is 10.9 Å². The van der Waals surface area contributed by atoms with Crippen LogP contribution in [0, 0.1) is 0 Å². The first-order chi connectivity index (χ1) is 14.4. The molecule has 174 valence electrons. The van der Waals surface area contributed by atoms with E-state index in [1.165, 1.54) is 0 Å². The molecule has 0 fully saturated rings. The molecule has 4 N–H and O–H groups in total. The zero-order valence-corrected chi connectivity index (χ0v) is 20.4. The van der Waals surface area contributed by atoms with E-state index in [4.69, 9.17) is 9.31 Å². The second-order valence-corrected chi connectivity index (χ2v) is 10.3. The highest BCUT2D eigenvalue weighted by Gasteiger charge is 2.40. The van der Waals surface area contributed by atoms with Crippen molar-refractivity contribution >= 4 is 25.2 Å². The molecular formula is C24H36B2O6. The highest BCUT2D eigenvalue weighted by Crippen LogP contribution is 2.27. The van der Waals surface area contributed by atoms with E-state index in [2.05, 4.69) is 0 Å². The first-order valence-electron chi connectivity index (χ1n) is 10.8. The number of hydrogen-bond acceptors (Lipinski definition) is 6. The fourth-order valence-electron chi connectivity index (χ4n) is 2.73. The summed E-state index contributed by atoms with van der Waals surface area (Å²) in [7, 11) is -2.44. The summed E-state index contributed by atoms with van der Waals surface area (Å²) in [6.45, 7) is 13.4. The lowest BCUT2D eigenvalue weighted by Gasteiger charge is -2.38. The maximum absolute atomic E-state index is 10.6. The van der Waals surface area contributed by atoms with E-state index in [1.54, 1.807) is 79.7 Å². The normalized spacial score (nSPS) is 13.2. The maximum atomic E-state index is 10.6. The molecule has 0 spiro atoms. The van der Waals surface area contributed by atoms with Crippen LogP contribution in [0.25, 0.3) is 11.1 Å². The van der Waals surface area contributed by atoms with Gasteiger partial charge in [0.2, 0.25) is 0 Å². The Hall–Kier alpha value is -1.67. The molecule has 2 aromatic carbocycles. The minimum absolute atomic E-state index is 0.546. The maximum Gasteiger partial charge on any atom is 0.491 e. The summed E-state index contributed by atoms with van der Waals surface area (Å²) < 4.78 is 11.5. The summed E-state index contributed by atoms with van der Waals surface area (Å²) in [6.07, 6.45) is 0. The van der Waals surface area contributed by atoms with Gasteiger partial charge in [0, 0.05) is 0 Å². The molecule has 0 bridgehead atoms. The Morgan fingerprint density at radius 2 is 0.906 bits per heavy atom. The van der Waals surface area contributed by atoms with E-state index >= 15 is 0 Å². The Balaban J connectivity index is 2.27. The average molecular weight is 442 g/mol. The number of aliphatic hydroxyl groups is 2. The van der Waals surface area contributed by atoms with Gasteiger partial charge in [-0.15, -0.1) is 0 Å². The third kappa shape index (κ3) is 6.22. The first kappa shape index (κ1) is 26.6. The van der Waals surface area contributed by atoms with Gasteiger partial charge >= 0.3 is 14.2 Å². The van der Waals surface area contributed by atoms with Gasteiger partial charge in [-0.1, -0.05) is 48.5 Å². The minimum Gasteiger partial charge on any atom is -0.423 e. The topological polar surface area (TPSA) is 99.4 Å². The molecule has 0 amide bonds. The third-order valence-electron chi connectivity index (χ3n) is 6.44. The van der Waals surface area contributed by atoms with Crippen LogP contribution in [0.4, 0.5) is 0 Å². The van der Waals surface area contributed by atoms with Gasteiger partial charge in [0.1, 0.15) is 0 Å². The molecule has 6 nitrogen and oxygen atoms in total. The van der Waals surface area contributed by atoms with Gasteiger partial charge in [0.05, 0.1) is 22.4 Å². The fraction of sp³-hybridized carbons (Fsp3) is 0.500. The molecule has 0 aromatic heterocycles. The van der Waals surface area contributed by atoms with E-state index in [1.807, 2.05) is 24.3 Å². The highest BCUT2D eigenvalue weighted by molar-refractivity contribution is 6.60. The van der Waals surface area contributed by atoms with Crippen molar-refractivity contribution in [2.45, 2.75) is 77.8 Å². The van der Waals surface area contributed by atoms with E-state index in [-0.39, 0.29) is 0 Å². The lowest BCUT2D eigenvalue weighted by Crippen LogP contribution is -2.53. The molecular weight excluding hydrogens is 406 g/mol. The number of hydrogen-bond donors (Lipinski definition) is 4. The molecule has 0 saturated carbocycles. The molecule has 0 heterocycles. The van der Waals surface area contributed by atoms with E-state index in [0.717, 1.165) is 11.1 Å². The Kier molecular flexibility index (Phi) is 7.72. The summed E-state index contributed by atoms with van der Waals surface area (Å²) in [5.41, 5.74) is -1.51. The molecule has 0 saturated heterocycles. The van der Waals surface area contributed by atoms with Crippen molar-refractivity contribution < 1.29 is 29.6 Å². The van der Waals surface area contributed by atoms with Crippen LogP contribution in [-0.2, 0) is 9.31 Å². The first-order valence-corrected chi connectivity index (χ1v) is 10.8. The van der Waals surface area contributed by atoms with Gasteiger partial charge in [0.15, 0.2) is 0 Å². The summed E-state index contributed by atoms with van der Waals surface area (Å²) in [5, 5.41) is 41.8. The van der Waals surface area contributed by atoms with Gasteiger partial charge in [-0.3, -0.25) is 0 Å². The molecule has 0 aliphatic rings. The monoisotopic (exact) mass is 442 g/mol. The largest absolute Gasteiger partial charge is 0.491 e. The number of rotatable bonds is 9. The Morgan fingerprint density at radius 1 is 0.594 bits per heavy atom. The van der Waals surface area contributed by atoms with Gasteiger partial charge in [-0.25, -0.2) is 0 Å². The van der Waals surface area contributed by atoms with Crippen molar-refractivity contribution in [3.63, 3.8) is 0 Å². The molecule has 0 atom stereocenters. The summed E-state index contributed by atoms with van der Waals surface area (Å²) in [6, 6.07) is 14.5. The Bertz CT molecular complexity index is 840. The second-order valence-electron chi connectivity index (χ2n) is 10.3. The highest BCUT2D eigenvalue weighted by atomic mass is 16.6. The lowest BCUT2D eigenvalue weighted by molar-refractivity contribution is -0.0982. The van der Waals surface area contributed by atoms with Crippen LogP contribution in [0.3, 0.4) is 0 Å². The predicted molar refractivity (Wildman–Crippen MR) is 130 cm³/mol. The van der Waals surface area contributed by atoms with Crippen molar-refractivity contribution in [3.05, 3.63) is 48.5 Å². The van der Waals surface area contributed by atoms with Crippen molar-refractivity contribution in [2.24, 2.45) is 0 Å². The smallest absolute Gasteiger partial charge is 0.423 e. The summed E-state index contributed by atoms with van der Waals surface area (Å²) in [5.74, 6) is 0. The summed E-state index contributed by atoms with van der Waals surface area (Å²) >= 11 is 0. The van der Waals surface area contributed by atoms with Crippen LogP contribution in [0.2, 0.25) is 0 Å². The summed E-state index contributed by atoms with van der Waals surface area (Å²) in [4.78, 5) is 0. The molecule has 0 aliphatic carbocycles. The molecule has 0 radical (unpaired) electrons. The lowest BCUT2D eigenvalue weighted by atomic mass is 9.74. The zero-order chi connectivity index (χ0) is 24.5. The predicted octanol–water partition coefficient (Wildman–Crippen LogP) is 1.86.